The fraction of sp³-hybridized carbons (Fsp3) is 0.385. The van der Waals surface area contributed by atoms with Crippen molar-refractivity contribution in [1.82, 2.24) is 14.9 Å². The van der Waals surface area contributed by atoms with Crippen LogP contribution in [0.4, 0.5) is 19.4 Å². The van der Waals surface area contributed by atoms with Crippen molar-refractivity contribution in [2.24, 2.45) is 0 Å². The standard InChI is InChI=1S/C26H30F2N4O5/c1-7-36-24(34)17-13-32(21-18(27)10-14(2)11-19(21)28)23-16(22(17)33)8-9-20(31-23)29-12-15(3)30-25(35)37-26(4,5)6/h8-11,13,15H,7,12H2,1-6H3,(H,29,31)(H,30,35)/t15-/m1/s1. The highest BCUT2D eigenvalue weighted by molar-refractivity contribution is 5.93. The number of halogens is 2. The minimum absolute atomic E-state index is 0.0141. The van der Waals surface area contributed by atoms with E-state index in [0.29, 0.717) is 5.56 Å². The Hall–Kier alpha value is -4.02. The normalized spacial score (nSPS) is 12.2. The number of carbonyl (C=O) groups excluding carboxylic acids is 2. The van der Waals surface area contributed by atoms with Crippen LogP contribution in [0.25, 0.3) is 16.7 Å². The monoisotopic (exact) mass is 516 g/mol. The highest BCUT2D eigenvalue weighted by Crippen LogP contribution is 2.24. The van der Waals surface area contributed by atoms with Crippen molar-refractivity contribution in [1.29, 1.82) is 0 Å². The number of fused-ring (bicyclic) bond motifs is 1. The average molecular weight is 517 g/mol. The van der Waals surface area contributed by atoms with Crippen LogP contribution in [0.1, 0.15) is 50.5 Å². The van der Waals surface area contributed by atoms with E-state index < -0.39 is 40.4 Å². The van der Waals surface area contributed by atoms with E-state index in [4.69, 9.17) is 9.47 Å². The van der Waals surface area contributed by atoms with Crippen molar-refractivity contribution in [2.75, 3.05) is 18.5 Å². The molecule has 1 atom stereocenters. The minimum atomic E-state index is -0.916. The second-order valence-electron chi connectivity index (χ2n) is 9.54. The van der Waals surface area contributed by atoms with Crippen molar-refractivity contribution in [3.63, 3.8) is 0 Å². The summed E-state index contributed by atoms with van der Waals surface area (Å²) in [7, 11) is 0. The van der Waals surface area contributed by atoms with Gasteiger partial charge in [-0.15, -0.1) is 0 Å². The molecule has 0 bridgehead atoms. The van der Waals surface area contributed by atoms with Gasteiger partial charge in [0, 0.05) is 18.8 Å². The van der Waals surface area contributed by atoms with Gasteiger partial charge in [-0.1, -0.05) is 0 Å². The van der Waals surface area contributed by atoms with E-state index >= 15 is 0 Å². The molecular weight excluding hydrogens is 486 g/mol. The molecule has 0 saturated carbocycles. The van der Waals surface area contributed by atoms with Crippen LogP contribution in [-0.4, -0.2) is 46.4 Å². The van der Waals surface area contributed by atoms with Crippen molar-refractivity contribution < 1.29 is 27.8 Å². The first-order chi connectivity index (χ1) is 17.3. The number of hydrogen-bond donors (Lipinski definition) is 2. The molecule has 37 heavy (non-hydrogen) atoms. The number of benzene rings is 1. The van der Waals surface area contributed by atoms with Gasteiger partial charge in [-0.3, -0.25) is 9.36 Å². The molecule has 0 unspecified atom stereocenters. The highest BCUT2D eigenvalue weighted by Gasteiger charge is 2.22. The van der Waals surface area contributed by atoms with E-state index in [1.54, 1.807) is 34.6 Å². The third-order valence-corrected chi connectivity index (χ3v) is 5.10. The largest absolute Gasteiger partial charge is 0.462 e. The number of alkyl carbamates (subject to hydrolysis) is 1. The molecule has 3 rings (SSSR count). The quantitative estimate of drug-likeness (QED) is 0.446. The fourth-order valence-corrected chi connectivity index (χ4v) is 3.57. The second-order valence-corrected chi connectivity index (χ2v) is 9.54. The lowest BCUT2D eigenvalue weighted by Gasteiger charge is -2.22. The van der Waals surface area contributed by atoms with Gasteiger partial charge >= 0.3 is 12.1 Å². The molecule has 2 aromatic heterocycles. The van der Waals surface area contributed by atoms with Crippen molar-refractivity contribution in [3.8, 4) is 5.69 Å². The predicted octanol–water partition coefficient (Wildman–Crippen LogP) is 4.47. The number of esters is 1. The van der Waals surface area contributed by atoms with E-state index in [0.717, 1.165) is 22.9 Å². The van der Waals surface area contributed by atoms with Gasteiger partial charge in [-0.25, -0.2) is 23.4 Å². The van der Waals surface area contributed by atoms with Crippen LogP contribution in [0.3, 0.4) is 0 Å². The van der Waals surface area contributed by atoms with Gasteiger partial charge in [0.2, 0.25) is 5.43 Å². The molecule has 11 heteroatoms. The molecule has 1 aromatic carbocycles. The molecule has 2 N–H and O–H groups in total. The first-order valence-electron chi connectivity index (χ1n) is 11.7. The van der Waals surface area contributed by atoms with E-state index in [1.807, 2.05) is 0 Å². The molecule has 198 valence electrons. The number of ether oxygens (including phenoxy) is 2. The molecule has 0 aliphatic carbocycles. The van der Waals surface area contributed by atoms with Gasteiger partial charge in [0.15, 0.2) is 17.3 Å². The van der Waals surface area contributed by atoms with Crippen LogP contribution in [0, 0.1) is 18.6 Å². The third kappa shape index (κ3) is 6.60. The van der Waals surface area contributed by atoms with Crippen LogP contribution in [0.15, 0.2) is 35.3 Å². The van der Waals surface area contributed by atoms with Crippen LogP contribution in [0.5, 0.6) is 0 Å². The molecule has 1 amide bonds. The van der Waals surface area contributed by atoms with Crippen molar-refractivity contribution >= 4 is 28.9 Å². The Morgan fingerprint density at radius 1 is 1.16 bits per heavy atom. The van der Waals surface area contributed by atoms with E-state index in [1.165, 1.54) is 19.1 Å². The number of aryl methyl sites for hydroxylation is 1. The summed E-state index contributed by atoms with van der Waals surface area (Å²) >= 11 is 0. The molecule has 0 aliphatic rings. The first kappa shape index (κ1) is 27.6. The number of anilines is 1. The topological polar surface area (TPSA) is 112 Å². The van der Waals surface area contributed by atoms with Gasteiger partial charge in [-0.05, 0) is 71.4 Å². The zero-order valence-electron chi connectivity index (χ0n) is 21.6. The Bertz CT molecular complexity index is 1380. The number of nitrogens with one attached hydrogen (secondary N) is 2. The van der Waals surface area contributed by atoms with Gasteiger partial charge in [0.05, 0.1) is 12.0 Å². The lowest BCUT2D eigenvalue weighted by Crippen LogP contribution is -2.40. The van der Waals surface area contributed by atoms with E-state index in [2.05, 4.69) is 15.6 Å². The lowest BCUT2D eigenvalue weighted by molar-refractivity contribution is 0.0505. The minimum Gasteiger partial charge on any atom is -0.462 e. The summed E-state index contributed by atoms with van der Waals surface area (Å²) in [5.74, 6) is -2.43. The zero-order chi connectivity index (χ0) is 27.5. The summed E-state index contributed by atoms with van der Waals surface area (Å²) < 4.78 is 41.1. The molecule has 0 radical (unpaired) electrons. The summed E-state index contributed by atoms with van der Waals surface area (Å²) in [6.45, 7) is 10.4. The molecule has 3 aromatic rings. The Morgan fingerprint density at radius 2 is 1.81 bits per heavy atom. The van der Waals surface area contributed by atoms with Crippen LogP contribution < -0.4 is 16.1 Å². The Morgan fingerprint density at radius 3 is 2.41 bits per heavy atom. The number of nitrogens with zero attached hydrogens (tertiary/aromatic N) is 2. The van der Waals surface area contributed by atoms with Crippen molar-refractivity contribution in [2.45, 2.75) is 53.2 Å². The highest BCUT2D eigenvalue weighted by atomic mass is 19.1. The number of pyridine rings is 2. The Balaban J connectivity index is 2.03. The van der Waals surface area contributed by atoms with Crippen LogP contribution in [-0.2, 0) is 9.47 Å². The summed E-state index contributed by atoms with van der Waals surface area (Å²) in [5, 5.41) is 5.68. The van der Waals surface area contributed by atoms with Gasteiger partial charge in [0.1, 0.15) is 22.7 Å². The second kappa shape index (κ2) is 10.9. The maximum Gasteiger partial charge on any atom is 0.407 e. The number of carbonyl (C=O) groups is 2. The maximum atomic E-state index is 14.9. The molecular formula is C26H30F2N4O5. The fourth-order valence-electron chi connectivity index (χ4n) is 3.57. The number of hydrogen-bond acceptors (Lipinski definition) is 7. The summed E-state index contributed by atoms with van der Waals surface area (Å²) in [6.07, 6.45) is 0.446. The molecule has 0 fully saturated rings. The molecule has 0 saturated heterocycles. The smallest absolute Gasteiger partial charge is 0.407 e. The number of amides is 1. The Labute approximate surface area is 212 Å². The molecule has 2 heterocycles. The van der Waals surface area contributed by atoms with Crippen LogP contribution >= 0.6 is 0 Å². The predicted molar refractivity (Wildman–Crippen MR) is 135 cm³/mol. The summed E-state index contributed by atoms with van der Waals surface area (Å²) in [5.41, 5.74) is -1.92. The zero-order valence-corrected chi connectivity index (χ0v) is 21.6. The molecule has 0 spiro atoms. The lowest BCUT2D eigenvalue weighted by atomic mass is 10.1. The first-order valence-corrected chi connectivity index (χ1v) is 11.7. The van der Waals surface area contributed by atoms with E-state index in [9.17, 15) is 23.2 Å². The Kier molecular flexibility index (Phi) is 8.15. The van der Waals surface area contributed by atoms with Gasteiger partial charge in [-0.2, -0.15) is 0 Å². The molecule has 9 nitrogen and oxygen atoms in total. The van der Waals surface area contributed by atoms with E-state index in [-0.39, 0.29) is 41.6 Å². The van der Waals surface area contributed by atoms with Crippen molar-refractivity contribution in [3.05, 3.63) is 63.4 Å². The molecule has 0 aliphatic heterocycles. The number of aromatic nitrogens is 2. The van der Waals surface area contributed by atoms with Crippen LogP contribution in [0.2, 0.25) is 0 Å². The van der Waals surface area contributed by atoms with Gasteiger partial charge < -0.3 is 20.1 Å². The SMILES string of the molecule is CCOC(=O)c1cn(-c2c(F)cc(C)cc2F)c2nc(NC[C@@H](C)NC(=O)OC(C)(C)C)ccc2c1=O. The average Bonchev–Trinajstić information content (AvgIpc) is 2.77. The third-order valence-electron chi connectivity index (χ3n) is 5.10. The number of rotatable bonds is 7. The maximum absolute atomic E-state index is 14.9. The summed E-state index contributed by atoms with van der Waals surface area (Å²) in [6, 6.07) is 4.80. The summed E-state index contributed by atoms with van der Waals surface area (Å²) in [4.78, 5) is 41.9. The van der Waals surface area contributed by atoms with Gasteiger partial charge in [0.25, 0.3) is 0 Å².